The van der Waals surface area contributed by atoms with Gasteiger partial charge in [0.15, 0.2) is 5.65 Å². The molecule has 3 aromatic heterocycles. The summed E-state index contributed by atoms with van der Waals surface area (Å²) in [5.74, 6) is 0.848. The Morgan fingerprint density at radius 1 is 1.13 bits per heavy atom. The van der Waals surface area contributed by atoms with Crippen molar-refractivity contribution in [3.05, 3.63) is 53.6 Å². The van der Waals surface area contributed by atoms with Crippen LogP contribution >= 0.6 is 0 Å². The Kier molecular flexibility index (Phi) is 3.45. The summed E-state index contributed by atoms with van der Waals surface area (Å²) in [4.78, 5) is 31.8. The highest BCUT2D eigenvalue weighted by molar-refractivity contribution is 5.72. The SMILES string of the molecule is O=c1c2cccnc2ncn1[C@H]1CCCN(c2cnccn2)C1. The lowest BCUT2D eigenvalue weighted by atomic mass is 10.1. The predicted octanol–water partition coefficient (Wildman–Crippen LogP) is 1.42. The maximum absolute atomic E-state index is 12.7. The molecular weight excluding hydrogens is 292 g/mol. The molecule has 1 atom stereocenters. The standard InChI is InChI=1S/C16H16N6O/c23-16-13-4-1-5-19-15(13)20-11-22(16)12-3-2-8-21(10-12)14-9-17-6-7-18-14/h1,4-7,9,11-12H,2-3,8,10H2/t12-/m0/s1. The average molecular weight is 308 g/mol. The van der Waals surface area contributed by atoms with Gasteiger partial charge in [-0.25, -0.2) is 15.0 Å². The van der Waals surface area contributed by atoms with Gasteiger partial charge in [-0.05, 0) is 25.0 Å². The zero-order valence-corrected chi connectivity index (χ0v) is 12.5. The van der Waals surface area contributed by atoms with Crippen LogP contribution in [0.1, 0.15) is 18.9 Å². The van der Waals surface area contributed by atoms with Crippen LogP contribution in [-0.4, -0.2) is 37.6 Å². The smallest absolute Gasteiger partial charge is 0.263 e. The van der Waals surface area contributed by atoms with Gasteiger partial charge in [0.05, 0.1) is 17.6 Å². The Labute approximate surface area is 132 Å². The van der Waals surface area contributed by atoms with Gasteiger partial charge in [-0.2, -0.15) is 0 Å². The molecule has 0 bridgehead atoms. The molecule has 3 aromatic rings. The van der Waals surface area contributed by atoms with Crippen LogP contribution in [0.3, 0.4) is 0 Å². The summed E-state index contributed by atoms with van der Waals surface area (Å²) in [6.07, 6.45) is 10.3. The maximum Gasteiger partial charge on any atom is 0.263 e. The zero-order chi connectivity index (χ0) is 15.6. The molecule has 116 valence electrons. The van der Waals surface area contributed by atoms with Gasteiger partial charge in [0.25, 0.3) is 5.56 Å². The van der Waals surface area contributed by atoms with E-state index < -0.39 is 0 Å². The second-order valence-corrected chi connectivity index (χ2v) is 5.64. The minimum Gasteiger partial charge on any atom is -0.353 e. The molecule has 0 radical (unpaired) electrons. The molecule has 1 aliphatic heterocycles. The summed E-state index contributed by atoms with van der Waals surface area (Å²) in [6.45, 7) is 1.65. The third kappa shape index (κ3) is 2.54. The number of hydrogen-bond acceptors (Lipinski definition) is 6. The summed E-state index contributed by atoms with van der Waals surface area (Å²) in [5, 5.41) is 0.562. The van der Waals surface area contributed by atoms with Crippen molar-refractivity contribution in [3.63, 3.8) is 0 Å². The summed E-state index contributed by atoms with van der Waals surface area (Å²) in [7, 11) is 0. The molecule has 0 aromatic carbocycles. The first-order valence-electron chi connectivity index (χ1n) is 7.66. The van der Waals surface area contributed by atoms with Crippen molar-refractivity contribution in [2.45, 2.75) is 18.9 Å². The largest absolute Gasteiger partial charge is 0.353 e. The number of nitrogens with zero attached hydrogens (tertiary/aromatic N) is 6. The normalized spacial score (nSPS) is 18.3. The Morgan fingerprint density at radius 2 is 2.09 bits per heavy atom. The third-order valence-electron chi connectivity index (χ3n) is 4.22. The van der Waals surface area contributed by atoms with Crippen LogP contribution in [0, 0.1) is 0 Å². The Hall–Kier alpha value is -2.83. The number of pyridine rings is 1. The van der Waals surface area contributed by atoms with E-state index in [-0.39, 0.29) is 11.6 Å². The van der Waals surface area contributed by atoms with Crippen molar-refractivity contribution in [1.82, 2.24) is 24.5 Å². The van der Waals surface area contributed by atoms with Crippen LogP contribution in [0.4, 0.5) is 5.82 Å². The minimum atomic E-state index is -0.0332. The Balaban J connectivity index is 1.68. The van der Waals surface area contributed by atoms with E-state index in [4.69, 9.17) is 0 Å². The Bertz CT molecular complexity index is 878. The van der Waals surface area contributed by atoms with Gasteiger partial charge >= 0.3 is 0 Å². The molecule has 0 saturated carbocycles. The van der Waals surface area contributed by atoms with Gasteiger partial charge in [-0.3, -0.25) is 14.3 Å². The Morgan fingerprint density at radius 3 is 2.96 bits per heavy atom. The number of piperidine rings is 1. The quantitative estimate of drug-likeness (QED) is 0.712. The number of aromatic nitrogens is 5. The van der Waals surface area contributed by atoms with E-state index in [0.29, 0.717) is 11.0 Å². The van der Waals surface area contributed by atoms with Crippen molar-refractivity contribution in [3.8, 4) is 0 Å². The van der Waals surface area contributed by atoms with Crippen molar-refractivity contribution in [2.24, 2.45) is 0 Å². The van der Waals surface area contributed by atoms with E-state index in [9.17, 15) is 4.79 Å². The molecule has 1 aliphatic rings. The van der Waals surface area contributed by atoms with Crippen LogP contribution in [0.5, 0.6) is 0 Å². The lowest BCUT2D eigenvalue weighted by Gasteiger charge is -2.34. The molecule has 0 spiro atoms. The van der Waals surface area contributed by atoms with Crippen molar-refractivity contribution >= 4 is 16.9 Å². The molecule has 7 nitrogen and oxygen atoms in total. The van der Waals surface area contributed by atoms with Crippen LogP contribution in [-0.2, 0) is 0 Å². The fourth-order valence-corrected chi connectivity index (χ4v) is 3.08. The van der Waals surface area contributed by atoms with Crippen LogP contribution in [0.2, 0.25) is 0 Å². The van der Waals surface area contributed by atoms with Crippen LogP contribution in [0.25, 0.3) is 11.0 Å². The van der Waals surface area contributed by atoms with Gasteiger partial charge in [0, 0.05) is 31.7 Å². The molecule has 23 heavy (non-hydrogen) atoms. The van der Waals surface area contributed by atoms with Gasteiger partial charge in [-0.15, -0.1) is 0 Å². The van der Waals surface area contributed by atoms with E-state index in [0.717, 1.165) is 31.7 Å². The van der Waals surface area contributed by atoms with Gasteiger partial charge in [0.1, 0.15) is 12.1 Å². The summed E-state index contributed by atoms with van der Waals surface area (Å²) in [5.41, 5.74) is 0.462. The summed E-state index contributed by atoms with van der Waals surface area (Å²) in [6, 6.07) is 3.62. The lowest BCUT2D eigenvalue weighted by Crippen LogP contribution is -2.40. The molecule has 0 amide bonds. The van der Waals surface area contributed by atoms with E-state index >= 15 is 0 Å². The molecule has 1 fully saturated rings. The molecule has 7 heteroatoms. The summed E-state index contributed by atoms with van der Waals surface area (Å²) >= 11 is 0. The van der Waals surface area contributed by atoms with Crippen molar-refractivity contribution in [2.75, 3.05) is 18.0 Å². The van der Waals surface area contributed by atoms with E-state index in [2.05, 4.69) is 24.8 Å². The monoisotopic (exact) mass is 308 g/mol. The van der Waals surface area contributed by atoms with E-state index in [1.54, 1.807) is 47.8 Å². The fourth-order valence-electron chi connectivity index (χ4n) is 3.08. The number of anilines is 1. The first-order chi connectivity index (χ1) is 11.3. The highest BCUT2D eigenvalue weighted by Crippen LogP contribution is 2.23. The molecule has 0 unspecified atom stereocenters. The second kappa shape index (κ2) is 5.75. The number of rotatable bonds is 2. The van der Waals surface area contributed by atoms with Gasteiger partial charge in [0.2, 0.25) is 0 Å². The summed E-state index contributed by atoms with van der Waals surface area (Å²) < 4.78 is 1.73. The van der Waals surface area contributed by atoms with Crippen molar-refractivity contribution in [1.29, 1.82) is 0 Å². The molecule has 4 heterocycles. The lowest BCUT2D eigenvalue weighted by molar-refractivity contribution is 0.393. The van der Waals surface area contributed by atoms with Crippen molar-refractivity contribution < 1.29 is 0 Å². The highest BCUT2D eigenvalue weighted by Gasteiger charge is 2.23. The maximum atomic E-state index is 12.7. The zero-order valence-electron chi connectivity index (χ0n) is 12.5. The molecule has 0 N–H and O–H groups in total. The number of fused-ring (bicyclic) bond motifs is 1. The average Bonchev–Trinajstić information content (AvgIpc) is 2.63. The van der Waals surface area contributed by atoms with Crippen LogP contribution < -0.4 is 10.5 Å². The van der Waals surface area contributed by atoms with E-state index in [1.807, 2.05) is 0 Å². The molecule has 0 aliphatic carbocycles. The molecular formula is C16H16N6O. The first-order valence-corrected chi connectivity index (χ1v) is 7.66. The highest BCUT2D eigenvalue weighted by atomic mass is 16.1. The van der Waals surface area contributed by atoms with Gasteiger partial charge < -0.3 is 4.90 Å². The predicted molar refractivity (Wildman–Crippen MR) is 86.3 cm³/mol. The minimum absolute atomic E-state index is 0.0332. The van der Waals surface area contributed by atoms with E-state index in [1.165, 1.54) is 0 Å². The van der Waals surface area contributed by atoms with Gasteiger partial charge in [-0.1, -0.05) is 0 Å². The molecule has 1 saturated heterocycles. The molecule has 4 rings (SSSR count). The topological polar surface area (TPSA) is 76.8 Å². The fraction of sp³-hybridized carbons (Fsp3) is 0.312. The second-order valence-electron chi connectivity index (χ2n) is 5.64. The van der Waals surface area contributed by atoms with Crippen LogP contribution in [0.15, 0.2) is 48.0 Å². The number of hydrogen-bond donors (Lipinski definition) is 0. The third-order valence-corrected chi connectivity index (χ3v) is 4.22. The first kappa shape index (κ1) is 13.8.